The predicted octanol–water partition coefficient (Wildman–Crippen LogP) is 0.225. The van der Waals surface area contributed by atoms with Crippen molar-refractivity contribution in [2.75, 3.05) is 13.1 Å². The molecule has 0 aromatic carbocycles. The zero-order valence-electron chi connectivity index (χ0n) is 9.19. The lowest BCUT2D eigenvalue weighted by Crippen LogP contribution is -2.64. The van der Waals surface area contributed by atoms with Crippen LogP contribution in [0.4, 0.5) is 0 Å². The summed E-state index contributed by atoms with van der Waals surface area (Å²) in [6, 6.07) is 0. The maximum atomic E-state index is 11.6. The second kappa shape index (κ2) is 4.05. The van der Waals surface area contributed by atoms with Crippen LogP contribution in [0.25, 0.3) is 0 Å². The molecule has 1 saturated heterocycles. The number of likely N-dealkylation sites (tertiary alicyclic amines) is 1. The lowest BCUT2D eigenvalue weighted by Gasteiger charge is -2.47. The zero-order valence-corrected chi connectivity index (χ0v) is 9.19. The Kier molecular flexibility index (Phi) is 2.88. The molecule has 0 aromatic rings. The second-order valence-corrected chi connectivity index (χ2v) is 4.87. The summed E-state index contributed by atoms with van der Waals surface area (Å²) in [7, 11) is 0. The Morgan fingerprint density at radius 2 is 1.88 bits per heavy atom. The maximum absolute atomic E-state index is 11.6. The quantitative estimate of drug-likeness (QED) is 0.704. The Morgan fingerprint density at radius 1 is 1.25 bits per heavy atom. The number of aliphatic hydroxyl groups is 1. The van der Waals surface area contributed by atoms with Gasteiger partial charge in [0, 0.05) is 12.8 Å². The molecule has 0 spiro atoms. The molecule has 1 amide bonds. The minimum Gasteiger partial charge on any atom is -0.481 e. The van der Waals surface area contributed by atoms with E-state index in [0.29, 0.717) is 25.4 Å². The molecular weight excluding hydrogens is 210 g/mol. The average Bonchev–Trinajstić information content (AvgIpc) is 2.95. The average molecular weight is 227 g/mol. The highest BCUT2D eigenvalue weighted by Gasteiger charge is 2.52. The van der Waals surface area contributed by atoms with Gasteiger partial charge in [-0.1, -0.05) is 0 Å². The van der Waals surface area contributed by atoms with Gasteiger partial charge in [0.15, 0.2) is 0 Å². The molecule has 2 rings (SSSR count). The van der Waals surface area contributed by atoms with E-state index in [1.807, 2.05) is 0 Å². The van der Waals surface area contributed by atoms with Crippen LogP contribution < -0.4 is 0 Å². The Balaban J connectivity index is 1.66. The van der Waals surface area contributed by atoms with E-state index in [2.05, 4.69) is 0 Å². The van der Waals surface area contributed by atoms with Crippen LogP contribution in [0, 0.1) is 5.92 Å². The molecule has 1 heterocycles. The van der Waals surface area contributed by atoms with Gasteiger partial charge in [-0.25, -0.2) is 0 Å². The van der Waals surface area contributed by atoms with E-state index in [1.165, 1.54) is 0 Å². The minimum absolute atomic E-state index is 0.0342. The summed E-state index contributed by atoms with van der Waals surface area (Å²) in [6.45, 7) is 0.868. The number of nitrogens with zero attached hydrogens (tertiary/aromatic N) is 1. The number of carboxylic acids is 1. The molecule has 1 aliphatic heterocycles. The summed E-state index contributed by atoms with van der Waals surface area (Å²) >= 11 is 0. The summed E-state index contributed by atoms with van der Waals surface area (Å²) in [5, 5.41) is 18.4. The SMILES string of the molecule is O=C(O)CCCC(=O)N1CC(O)(C2CC2)C1. The lowest BCUT2D eigenvalue weighted by molar-refractivity contribution is -0.159. The first-order valence-electron chi connectivity index (χ1n) is 5.73. The minimum atomic E-state index is -0.870. The molecule has 5 heteroatoms. The molecule has 0 atom stereocenters. The van der Waals surface area contributed by atoms with Crippen LogP contribution in [0.5, 0.6) is 0 Å². The van der Waals surface area contributed by atoms with Crippen molar-refractivity contribution in [1.29, 1.82) is 0 Å². The standard InChI is InChI=1S/C11H17NO4/c13-9(2-1-3-10(14)15)12-6-11(16,7-12)8-4-5-8/h8,16H,1-7H2,(H,14,15). The van der Waals surface area contributed by atoms with Crippen LogP contribution in [0.15, 0.2) is 0 Å². The highest BCUT2D eigenvalue weighted by Crippen LogP contribution is 2.44. The fourth-order valence-corrected chi connectivity index (χ4v) is 2.22. The summed E-state index contributed by atoms with van der Waals surface area (Å²) < 4.78 is 0. The van der Waals surface area contributed by atoms with E-state index < -0.39 is 11.6 Å². The number of amides is 1. The number of rotatable bonds is 5. The molecule has 0 bridgehead atoms. The Labute approximate surface area is 94.0 Å². The van der Waals surface area contributed by atoms with Crippen molar-refractivity contribution >= 4 is 11.9 Å². The third kappa shape index (κ3) is 2.35. The lowest BCUT2D eigenvalue weighted by atomic mass is 9.88. The fourth-order valence-electron chi connectivity index (χ4n) is 2.22. The van der Waals surface area contributed by atoms with Crippen LogP contribution in [0.2, 0.25) is 0 Å². The summed E-state index contributed by atoms with van der Waals surface area (Å²) in [5.74, 6) is -0.520. The first kappa shape index (κ1) is 11.4. The van der Waals surface area contributed by atoms with Crippen molar-refractivity contribution in [1.82, 2.24) is 4.90 Å². The number of carbonyl (C=O) groups is 2. The molecule has 1 saturated carbocycles. The predicted molar refractivity (Wildman–Crippen MR) is 55.7 cm³/mol. The van der Waals surface area contributed by atoms with E-state index in [-0.39, 0.29) is 18.7 Å². The van der Waals surface area contributed by atoms with Crippen molar-refractivity contribution in [3.05, 3.63) is 0 Å². The molecule has 2 aliphatic rings. The summed E-state index contributed by atoms with van der Waals surface area (Å²) in [4.78, 5) is 23.5. The van der Waals surface area contributed by atoms with Gasteiger partial charge in [0.2, 0.25) is 5.91 Å². The highest BCUT2D eigenvalue weighted by atomic mass is 16.4. The van der Waals surface area contributed by atoms with Crippen LogP contribution in [0.1, 0.15) is 32.1 Å². The number of hydrogen-bond donors (Lipinski definition) is 2. The molecule has 1 aliphatic carbocycles. The maximum Gasteiger partial charge on any atom is 0.303 e. The van der Waals surface area contributed by atoms with E-state index in [9.17, 15) is 14.7 Å². The highest BCUT2D eigenvalue weighted by molar-refractivity contribution is 5.78. The molecule has 0 radical (unpaired) electrons. The van der Waals surface area contributed by atoms with Crippen LogP contribution in [-0.2, 0) is 9.59 Å². The van der Waals surface area contributed by atoms with Crippen molar-refractivity contribution in [3.8, 4) is 0 Å². The van der Waals surface area contributed by atoms with Crippen LogP contribution >= 0.6 is 0 Å². The van der Waals surface area contributed by atoms with E-state index in [4.69, 9.17) is 5.11 Å². The molecule has 0 aromatic heterocycles. The monoisotopic (exact) mass is 227 g/mol. The zero-order chi connectivity index (χ0) is 11.8. The number of carbonyl (C=O) groups excluding carboxylic acids is 1. The van der Waals surface area contributed by atoms with Gasteiger partial charge in [0.1, 0.15) is 5.60 Å². The van der Waals surface area contributed by atoms with E-state index >= 15 is 0 Å². The Morgan fingerprint density at radius 3 is 2.38 bits per heavy atom. The normalized spacial score (nSPS) is 22.7. The van der Waals surface area contributed by atoms with Gasteiger partial charge in [0.25, 0.3) is 0 Å². The van der Waals surface area contributed by atoms with Gasteiger partial charge in [-0.05, 0) is 25.2 Å². The van der Waals surface area contributed by atoms with Crippen molar-refractivity contribution in [2.45, 2.75) is 37.7 Å². The number of β-amino-alcohol motifs (C(OH)–C–C–N with tert-alkyl or cyclic N) is 1. The molecule has 90 valence electrons. The van der Waals surface area contributed by atoms with Crippen molar-refractivity contribution in [3.63, 3.8) is 0 Å². The van der Waals surface area contributed by atoms with E-state index in [1.54, 1.807) is 4.90 Å². The first-order chi connectivity index (χ1) is 7.51. The van der Waals surface area contributed by atoms with Gasteiger partial charge in [-0.3, -0.25) is 9.59 Å². The molecule has 0 unspecified atom stereocenters. The van der Waals surface area contributed by atoms with Gasteiger partial charge in [-0.15, -0.1) is 0 Å². The van der Waals surface area contributed by atoms with Gasteiger partial charge in [0.05, 0.1) is 13.1 Å². The van der Waals surface area contributed by atoms with Gasteiger partial charge >= 0.3 is 5.97 Å². The van der Waals surface area contributed by atoms with E-state index in [0.717, 1.165) is 12.8 Å². The largest absolute Gasteiger partial charge is 0.481 e. The van der Waals surface area contributed by atoms with Gasteiger partial charge in [-0.2, -0.15) is 0 Å². The summed E-state index contributed by atoms with van der Waals surface area (Å²) in [5.41, 5.74) is -0.636. The topological polar surface area (TPSA) is 77.8 Å². The van der Waals surface area contributed by atoms with Crippen LogP contribution in [-0.4, -0.2) is 45.7 Å². The van der Waals surface area contributed by atoms with Crippen molar-refractivity contribution < 1.29 is 19.8 Å². The first-order valence-corrected chi connectivity index (χ1v) is 5.73. The van der Waals surface area contributed by atoms with Gasteiger partial charge < -0.3 is 15.1 Å². The second-order valence-electron chi connectivity index (χ2n) is 4.87. The third-order valence-corrected chi connectivity index (χ3v) is 3.40. The van der Waals surface area contributed by atoms with Crippen LogP contribution in [0.3, 0.4) is 0 Å². The molecular formula is C11H17NO4. The fraction of sp³-hybridized carbons (Fsp3) is 0.818. The van der Waals surface area contributed by atoms with Crippen molar-refractivity contribution in [2.24, 2.45) is 5.92 Å². The third-order valence-electron chi connectivity index (χ3n) is 3.40. The summed E-state index contributed by atoms with van der Waals surface area (Å²) in [6.07, 6.45) is 2.82. The number of carboxylic acid groups (broad SMARTS) is 1. The smallest absolute Gasteiger partial charge is 0.303 e. The number of aliphatic carboxylic acids is 1. The molecule has 5 nitrogen and oxygen atoms in total. The Bertz CT molecular complexity index is 305. The molecule has 2 N–H and O–H groups in total. The Hall–Kier alpha value is -1.10. The molecule has 16 heavy (non-hydrogen) atoms. The number of hydrogen-bond acceptors (Lipinski definition) is 3. The molecule has 2 fully saturated rings.